The van der Waals surface area contributed by atoms with E-state index in [0.717, 1.165) is 11.8 Å². The molecule has 1 N–H and O–H groups in total. The third-order valence-corrected chi connectivity index (χ3v) is 3.24. The molecule has 9 heteroatoms. The lowest BCUT2D eigenvalue weighted by atomic mass is 10.0. The van der Waals surface area contributed by atoms with E-state index in [1.807, 2.05) is 6.92 Å². The number of aromatic hydroxyl groups is 1. The number of rotatable bonds is 8. The number of carbonyl (C=O) groups is 4. The molecule has 9 nitrogen and oxygen atoms in total. The highest BCUT2D eigenvalue weighted by Gasteiger charge is 2.15. The van der Waals surface area contributed by atoms with Crippen LogP contribution in [0.2, 0.25) is 0 Å². The Morgan fingerprint density at radius 2 is 1.57 bits per heavy atom. The standard InChI is InChI=1S/C10H12O3.C9H14O6/c1-3-8-7(6-11)4-5-9(12)10(8)13-2;1-6(10)13-4-9(15-8(3)12)5-14-7(2)11/h4-6,12H,3H2,1-2H3;9H,4-5H2,1-3H3. The number of esters is 3. The molecule has 0 amide bonds. The molecule has 1 rings (SSSR count). The molecule has 0 aliphatic rings. The first-order valence-corrected chi connectivity index (χ1v) is 8.44. The second kappa shape index (κ2) is 13.1. The fourth-order valence-corrected chi connectivity index (χ4v) is 2.11. The van der Waals surface area contributed by atoms with E-state index in [1.165, 1.54) is 33.9 Å². The van der Waals surface area contributed by atoms with Crippen molar-refractivity contribution in [2.75, 3.05) is 20.3 Å². The number of methoxy groups -OCH3 is 1. The molecule has 0 spiro atoms. The molecule has 0 heterocycles. The molecule has 1 aromatic rings. The summed E-state index contributed by atoms with van der Waals surface area (Å²) in [7, 11) is 1.47. The van der Waals surface area contributed by atoms with E-state index >= 15 is 0 Å². The Morgan fingerprint density at radius 1 is 1.04 bits per heavy atom. The average molecular weight is 398 g/mol. The van der Waals surface area contributed by atoms with Crippen molar-refractivity contribution in [3.8, 4) is 11.5 Å². The molecule has 0 fully saturated rings. The van der Waals surface area contributed by atoms with Gasteiger partial charge in [0.2, 0.25) is 0 Å². The van der Waals surface area contributed by atoms with Gasteiger partial charge in [-0.15, -0.1) is 0 Å². The van der Waals surface area contributed by atoms with Crippen molar-refractivity contribution in [3.63, 3.8) is 0 Å². The number of ether oxygens (including phenoxy) is 4. The molecule has 0 bridgehead atoms. The largest absolute Gasteiger partial charge is 0.504 e. The smallest absolute Gasteiger partial charge is 0.303 e. The lowest BCUT2D eigenvalue weighted by Gasteiger charge is -2.15. The molecule has 28 heavy (non-hydrogen) atoms. The van der Waals surface area contributed by atoms with E-state index in [2.05, 4.69) is 9.47 Å². The predicted molar refractivity (Wildman–Crippen MR) is 98.2 cm³/mol. The molecule has 0 atom stereocenters. The summed E-state index contributed by atoms with van der Waals surface area (Å²) in [4.78, 5) is 42.3. The Labute approximate surface area is 163 Å². The van der Waals surface area contributed by atoms with Gasteiger partial charge in [0.1, 0.15) is 19.5 Å². The maximum Gasteiger partial charge on any atom is 0.303 e. The molecule has 0 unspecified atom stereocenters. The van der Waals surface area contributed by atoms with Gasteiger partial charge in [0.15, 0.2) is 17.6 Å². The quantitative estimate of drug-likeness (QED) is 0.396. The highest BCUT2D eigenvalue weighted by Crippen LogP contribution is 2.32. The summed E-state index contributed by atoms with van der Waals surface area (Å²) in [6.07, 6.45) is 0.669. The van der Waals surface area contributed by atoms with Crippen molar-refractivity contribution in [1.82, 2.24) is 0 Å². The molecule has 1 aromatic carbocycles. The van der Waals surface area contributed by atoms with Gasteiger partial charge in [0, 0.05) is 31.9 Å². The fraction of sp³-hybridized carbons (Fsp3) is 0.474. The van der Waals surface area contributed by atoms with Crippen LogP contribution < -0.4 is 4.74 Å². The van der Waals surface area contributed by atoms with Gasteiger partial charge < -0.3 is 24.1 Å². The van der Waals surface area contributed by atoms with Crippen molar-refractivity contribution in [1.29, 1.82) is 0 Å². The van der Waals surface area contributed by atoms with E-state index in [0.29, 0.717) is 17.7 Å². The third kappa shape index (κ3) is 9.56. The fourth-order valence-electron chi connectivity index (χ4n) is 2.11. The summed E-state index contributed by atoms with van der Waals surface area (Å²) in [5, 5.41) is 9.40. The third-order valence-electron chi connectivity index (χ3n) is 3.24. The van der Waals surface area contributed by atoms with E-state index in [1.54, 1.807) is 6.07 Å². The predicted octanol–water partition coefficient (Wildman–Crippen LogP) is 1.82. The van der Waals surface area contributed by atoms with E-state index in [9.17, 15) is 24.3 Å². The summed E-state index contributed by atoms with van der Waals surface area (Å²) in [5.41, 5.74) is 1.31. The Hall–Kier alpha value is -3.10. The second-order valence-electron chi connectivity index (χ2n) is 5.49. The van der Waals surface area contributed by atoms with Gasteiger partial charge in [-0.1, -0.05) is 6.92 Å². The molecule has 0 saturated carbocycles. The number of phenolic OH excluding ortho intramolecular Hbond substituents is 1. The van der Waals surface area contributed by atoms with E-state index < -0.39 is 24.0 Å². The zero-order valence-corrected chi connectivity index (χ0v) is 16.6. The molecular formula is C19H26O9. The topological polar surface area (TPSA) is 125 Å². The van der Waals surface area contributed by atoms with Gasteiger partial charge in [-0.25, -0.2) is 0 Å². The number of aldehydes is 1. The first-order valence-electron chi connectivity index (χ1n) is 8.44. The highest BCUT2D eigenvalue weighted by molar-refractivity contribution is 5.79. The molecule has 0 aromatic heterocycles. The zero-order chi connectivity index (χ0) is 21.7. The van der Waals surface area contributed by atoms with Crippen LogP contribution in [0.4, 0.5) is 0 Å². The van der Waals surface area contributed by atoms with E-state index in [4.69, 9.17) is 9.47 Å². The number of phenols is 1. The number of hydrogen-bond donors (Lipinski definition) is 1. The van der Waals surface area contributed by atoms with Gasteiger partial charge in [0.25, 0.3) is 0 Å². The van der Waals surface area contributed by atoms with Crippen LogP contribution in [0.5, 0.6) is 11.5 Å². The van der Waals surface area contributed by atoms with Crippen LogP contribution in [0.1, 0.15) is 43.6 Å². The molecule has 0 radical (unpaired) electrons. The molecule has 0 aliphatic heterocycles. The SMILES string of the molecule is CC(=O)OCC(COC(C)=O)OC(C)=O.CCc1c(C=O)ccc(O)c1OC. The minimum Gasteiger partial charge on any atom is -0.504 e. The molecule has 156 valence electrons. The summed E-state index contributed by atoms with van der Waals surface area (Å²) >= 11 is 0. The van der Waals surface area contributed by atoms with Gasteiger partial charge in [0.05, 0.1) is 7.11 Å². The van der Waals surface area contributed by atoms with Gasteiger partial charge in [-0.3, -0.25) is 19.2 Å². The first-order chi connectivity index (χ1) is 13.2. The molecule has 0 aliphatic carbocycles. The minimum absolute atomic E-state index is 0.0740. The van der Waals surface area contributed by atoms with E-state index in [-0.39, 0.29) is 19.0 Å². The highest BCUT2D eigenvalue weighted by atomic mass is 16.6. The Morgan fingerprint density at radius 3 is 1.93 bits per heavy atom. The van der Waals surface area contributed by atoms with Crippen LogP contribution in [0.25, 0.3) is 0 Å². The molecule has 0 saturated heterocycles. The monoisotopic (exact) mass is 398 g/mol. The maximum atomic E-state index is 10.6. The number of benzene rings is 1. The first kappa shape index (κ1) is 24.9. The molecular weight excluding hydrogens is 372 g/mol. The van der Waals surface area contributed by atoms with Crippen LogP contribution in [0, 0.1) is 0 Å². The number of hydrogen-bond acceptors (Lipinski definition) is 9. The van der Waals surface area contributed by atoms with Crippen molar-refractivity contribution in [3.05, 3.63) is 23.3 Å². The lowest BCUT2D eigenvalue weighted by molar-refractivity contribution is -0.163. The second-order valence-corrected chi connectivity index (χ2v) is 5.49. The van der Waals surface area contributed by atoms with Gasteiger partial charge >= 0.3 is 17.9 Å². The van der Waals surface area contributed by atoms with Crippen LogP contribution in [-0.4, -0.2) is 55.7 Å². The Balaban J connectivity index is 0.000000525. The minimum atomic E-state index is -0.754. The summed E-state index contributed by atoms with van der Waals surface area (Å²) < 4.78 is 19.0. The Bertz CT molecular complexity index is 664. The van der Waals surface area contributed by atoms with Crippen LogP contribution in [0.3, 0.4) is 0 Å². The summed E-state index contributed by atoms with van der Waals surface area (Å²) in [6, 6.07) is 3.05. The summed E-state index contributed by atoms with van der Waals surface area (Å²) in [5.74, 6) is -1.04. The summed E-state index contributed by atoms with van der Waals surface area (Å²) in [6.45, 7) is 5.34. The average Bonchev–Trinajstić information content (AvgIpc) is 2.63. The van der Waals surface area contributed by atoms with Crippen molar-refractivity contribution < 1.29 is 43.2 Å². The zero-order valence-electron chi connectivity index (χ0n) is 16.6. The van der Waals surface area contributed by atoms with Crippen LogP contribution in [-0.2, 0) is 35.0 Å². The van der Waals surface area contributed by atoms with Crippen molar-refractivity contribution in [2.24, 2.45) is 0 Å². The lowest BCUT2D eigenvalue weighted by Crippen LogP contribution is -2.29. The van der Waals surface area contributed by atoms with Gasteiger partial charge in [-0.2, -0.15) is 0 Å². The normalized spacial score (nSPS) is 9.64. The van der Waals surface area contributed by atoms with Crippen LogP contribution in [0.15, 0.2) is 12.1 Å². The van der Waals surface area contributed by atoms with Crippen LogP contribution >= 0.6 is 0 Å². The maximum absolute atomic E-state index is 10.6. The van der Waals surface area contributed by atoms with Crippen molar-refractivity contribution in [2.45, 2.75) is 40.2 Å². The van der Waals surface area contributed by atoms with Gasteiger partial charge in [-0.05, 0) is 18.6 Å². The Kier molecular flexibility index (Phi) is 11.7. The number of carbonyl (C=O) groups excluding carboxylic acids is 4. The van der Waals surface area contributed by atoms with Crippen molar-refractivity contribution >= 4 is 24.2 Å².